The van der Waals surface area contributed by atoms with Gasteiger partial charge in [0.05, 0.1) is 19.8 Å². The molecule has 1 heterocycles. The van der Waals surface area contributed by atoms with Crippen LogP contribution in [-0.4, -0.2) is 79.5 Å². The molecule has 2 atom stereocenters. The highest BCUT2D eigenvalue weighted by Gasteiger charge is 2.41. The minimum atomic E-state index is -4.22. The highest BCUT2D eigenvalue weighted by Crippen LogP contribution is 2.25. The third kappa shape index (κ3) is 6.00. The molecule has 2 rings (SSSR count). The van der Waals surface area contributed by atoms with Crippen molar-refractivity contribution in [1.29, 1.82) is 0 Å². The van der Waals surface area contributed by atoms with Crippen LogP contribution in [0.2, 0.25) is 0 Å². The number of aliphatic imine (C=N–C) groups is 1. The smallest absolute Gasteiger partial charge is 0.403 e. The third-order valence-corrected chi connectivity index (χ3v) is 4.86. The number of aliphatic hydroxyl groups is 1. The number of benzene rings is 1. The van der Waals surface area contributed by atoms with E-state index in [2.05, 4.69) is 10.3 Å². The van der Waals surface area contributed by atoms with Gasteiger partial charge >= 0.3 is 6.18 Å². The molecule has 9 heteroatoms. The number of hydrogen-bond acceptors (Lipinski definition) is 4. The Labute approximate surface area is 164 Å². The number of methoxy groups -OCH3 is 1. The van der Waals surface area contributed by atoms with Crippen LogP contribution in [0.3, 0.4) is 0 Å². The Balaban J connectivity index is 1.99. The summed E-state index contributed by atoms with van der Waals surface area (Å²) in [5.41, 5.74) is 0.697. The summed E-state index contributed by atoms with van der Waals surface area (Å²) in [6, 6.07) is 5.69. The van der Waals surface area contributed by atoms with Gasteiger partial charge in [0.25, 0.3) is 0 Å². The van der Waals surface area contributed by atoms with Gasteiger partial charge in [0, 0.05) is 32.7 Å². The van der Waals surface area contributed by atoms with Gasteiger partial charge in [0.2, 0.25) is 0 Å². The number of guanidine groups is 1. The Hall–Kier alpha value is -2.00. The first-order valence-corrected chi connectivity index (χ1v) is 9.42. The van der Waals surface area contributed by atoms with Crippen LogP contribution in [0.5, 0.6) is 5.75 Å². The van der Waals surface area contributed by atoms with Gasteiger partial charge in [-0.2, -0.15) is 13.2 Å². The molecule has 1 saturated heterocycles. The van der Waals surface area contributed by atoms with Crippen LogP contribution in [0, 0.1) is 0 Å². The molecule has 158 valence electrons. The van der Waals surface area contributed by atoms with Gasteiger partial charge in [-0.05, 0) is 31.5 Å². The maximum Gasteiger partial charge on any atom is 0.403 e. The van der Waals surface area contributed by atoms with Crippen molar-refractivity contribution in [3.63, 3.8) is 0 Å². The van der Waals surface area contributed by atoms with Crippen LogP contribution < -0.4 is 10.1 Å². The van der Waals surface area contributed by atoms with Gasteiger partial charge in [-0.15, -0.1) is 0 Å². The van der Waals surface area contributed by atoms with Crippen molar-refractivity contribution >= 4 is 5.96 Å². The predicted molar refractivity (Wildman–Crippen MR) is 103 cm³/mol. The van der Waals surface area contributed by atoms with E-state index in [1.807, 2.05) is 11.8 Å². The molecule has 0 radical (unpaired) electrons. The Morgan fingerprint density at radius 2 is 1.96 bits per heavy atom. The van der Waals surface area contributed by atoms with Crippen molar-refractivity contribution in [2.75, 3.05) is 46.4 Å². The van der Waals surface area contributed by atoms with E-state index in [9.17, 15) is 18.3 Å². The van der Waals surface area contributed by atoms with Crippen LogP contribution in [0.4, 0.5) is 13.2 Å². The van der Waals surface area contributed by atoms with E-state index < -0.39 is 18.3 Å². The van der Waals surface area contributed by atoms with Crippen LogP contribution in [0.1, 0.15) is 25.5 Å². The Morgan fingerprint density at radius 3 is 2.54 bits per heavy atom. The lowest BCUT2D eigenvalue weighted by atomic mass is 10.1. The van der Waals surface area contributed by atoms with Gasteiger partial charge in [-0.3, -0.25) is 9.89 Å². The lowest BCUT2D eigenvalue weighted by Gasteiger charge is -2.39. The van der Waals surface area contributed by atoms with Crippen molar-refractivity contribution in [1.82, 2.24) is 15.1 Å². The van der Waals surface area contributed by atoms with Gasteiger partial charge in [-0.25, -0.2) is 0 Å². The van der Waals surface area contributed by atoms with E-state index in [1.54, 1.807) is 31.4 Å². The molecule has 0 saturated carbocycles. The number of nitrogens with zero attached hydrogens (tertiary/aromatic N) is 3. The highest BCUT2D eigenvalue weighted by atomic mass is 19.4. The summed E-state index contributed by atoms with van der Waals surface area (Å²) in [5, 5.41) is 13.6. The minimum absolute atomic E-state index is 0.147. The summed E-state index contributed by atoms with van der Waals surface area (Å²) in [5.74, 6) is 1.26. The van der Waals surface area contributed by atoms with E-state index in [4.69, 9.17) is 4.74 Å². The topological polar surface area (TPSA) is 60.3 Å². The second-order valence-electron chi connectivity index (χ2n) is 6.73. The summed E-state index contributed by atoms with van der Waals surface area (Å²) in [4.78, 5) is 7.86. The molecule has 2 unspecified atom stereocenters. The largest absolute Gasteiger partial charge is 0.497 e. The molecule has 0 aromatic heterocycles. The Kier molecular flexibility index (Phi) is 7.94. The summed E-state index contributed by atoms with van der Waals surface area (Å²) < 4.78 is 43.9. The van der Waals surface area contributed by atoms with E-state index in [0.29, 0.717) is 50.0 Å². The standard InChI is InChI=1S/C19H29F3N4O2/c1-4-23-18(24-13-17(27)15-6-5-7-16(12-15)28-3)26-10-8-25(9-11-26)14(2)19(20,21)22/h5-7,12,14,17,27H,4,8-11,13H2,1-3H3,(H,23,24). The molecule has 1 aliphatic heterocycles. The molecule has 0 aliphatic carbocycles. The molecular formula is C19H29F3N4O2. The first-order valence-electron chi connectivity index (χ1n) is 9.42. The zero-order valence-electron chi connectivity index (χ0n) is 16.5. The van der Waals surface area contributed by atoms with E-state index in [0.717, 1.165) is 0 Å². The first kappa shape index (κ1) is 22.3. The highest BCUT2D eigenvalue weighted by molar-refractivity contribution is 5.80. The zero-order chi connectivity index (χ0) is 20.7. The SMILES string of the molecule is CCNC(=NCC(O)c1cccc(OC)c1)N1CCN(C(C)C(F)(F)F)CC1. The fourth-order valence-corrected chi connectivity index (χ4v) is 3.08. The predicted octanol–water partition coefficient (Wildman–Crippen LogP) is 2.26. The van der Waals surface area contributed by atoms with Crippen molar-refractivity contribution in [3.8, 4) is 5.75 Å². The number of nitrogens with one attached hydrogen (secondary N) is 1. The number of aliphatic hydroxyl groups excluding tert-OH is 1. The van der Waals surface area contributed by atoms with E-state index >= 15 is 0 Å². The number of alkyl halides is 3. The van der Waals surface area contributed by atoms with Crippen molar-refractivity contribution in [2.24, 2.45) is 4.99 Å². The van der Waals surface area contributed by atoms with Gasteiger partial charge in [0.15, 0.2) is 5.96 Å². The molecule has 28 heavy (non-hydrogen) atoms. The number of piperazine rings is 1. The van der Waals surface area contributed by atoms with E-state index in [1.165, 1.54) is 11.8 Å². The average Bonchev–Trinajstić information content (AvgIpc) is 2.69. The van der Waals surface area contributed by atoms with E-state index in [-0.39, 0.29) is 6.54 Å². The van der Waals surface area contributed by atoms with Crippen LogP contribution >= 0.6 is 0 Å². The molecular weight excluding hydrogens is 373 g/mol. The number of hydrogen-bond donors (Lipinski definition) is 2. The molecule has 2 N–H and O–H groups in total. The molecule has 0 spiro atoms. The number of ether oxygens (including phenoxy) is 1. The molecule has 6 nitrogen and oxygen atoms in total. The van der Waals surface area contributed by atoms with Crippen molar-refractivity contribution in [3.05, 3.63) is 29.8 Å². The quantitative estimate of drug-likeness (QED) is 0.565. The van der Waals surface area contributed by atoms with Gasteiger partial charge in [0.1, 0.15) is 11.8 Å². The summed E-state index contributed by atoms with van der Waals surface area (Å²) in [7, 11) is 1.56. The normalized spacial score (nSPS) is 18.7. The Bertz CT molecular complexity index is 646. The fraction of sp³-hybridized carbons (Fsp3) is 0.632. The average molecular weight is 402 g/mol. The molecule has 0 bridgehead atoms. The minimum Gasteiger partial charge on any atom is -0.497 e. The van der Waals surface area contributed by atoms with Crippen LogP contribution in [-0.2, 0) is 0 Å². The van der Waals surface area contributed by atoms with Crippen LogP contribution in [0.15, 0.2) is 29.3 Å². The maximum absolute atomic E-state index is 12.9. The molecule has 1 aromatic rings. The summed E-state index contributed by atoms with van der Waals surface area (Å²) in [6.07, 6.45) is -5.02. The van der Waals surface area contributed by atoms with Gasteiger partial charge in [-0.1, -0.05) is 12.1 Å². The lowest BCUT2D eigenvalue weighted by molar-refractivity contribution is -0.181. The molecule has 0 amide bonds. The lowest BCUT2D eigenvalue weighted by Crippen LogP contribution is -2.56. The summed E-state index contributed by atoms with van der Waals surface area (Å²) >= 11 is 0. The second-order valence-corrected chi connectivity index (χ2v) is 6.73. The van der Waals surface area contributed by atoms with Gasteiger partial charge < -0.3 is 20.1 Å². The molecule has 1 aliphatic rings. The zero-order valence-corrected chi connectivity index (χ0v) is 16.5. The number of halogens is 3. The first-order chi connectivity index (χ1) is 13.3. The van der Waals surface area contributed by atoms with Crippen molar-refractivity contribution in [2.45, 2.75) is 32.2 Å². The molecule has 1 fully saturated rings. The maximum atomic E-state index is 12.9. The Morgan fingerprint density at radius 1 is 1.29 bits per heavy atom. The fourth-order valence-electron chi connectivity index (χ4n) is 3.08. The van der Waals surface area contributed by atoms with Crippen LogP contribution in [0.25, 0.3) is 0 Å². The third-order valence-electron chi connectivity index (χ3n) is 4.86. The molecule has 1 aromatic carbocycles. The van der Waals surface area contributed by atoms with Crippen molar-refractivity contribution < 1.29 is 23.0 Å². The number of rotatable bonds is 6. The monoisotopic (exact) mass is 402 g/mol. The second kappa shape index (κ2) is 9.97. The summed E-state index contributed by atoms with van der Waals surface area (Å²) in [6.45, 7) is 5.41.